The normalized spacial score (nSPS) is 14.0. The molecule has 0 fully saturated rings. The number of nitrogens with one attached hydrogen (secondary N) is 1. The van der Waals surface area contributed by atoms with Gasteiger partial charge < -0.3 is 10.2 Å². The lowest BCUT2D eigenvalue weighted by Crippen LogP contribution is -2.33. The summed E-state index contributed by atoms with van der Waals surface area (Å²) < 4.78 is 0. The van der Waals surface area contributed by atoms with Gasteiger partial charge in [0.25, 0.3) is 0 Å². The summed E-state index contributed by atoms with van der Waals surface area (Å²) in [5, 5.41) is 2.96. The molecule has 1 heterocycles. The number of allylic oxidation sites excluding steroid dienone is 1. The van der Waals surface area contributed by atoms with Gasteiger partial charge in [0, 0.05) is 45.4 Å². The molecule has 1 aromatic heterocycles. The van der Waals surface area contributed by atoms with Crippen molar-refractivity contribution in [3.05, 3.63) is 41.7 Å². The average Bonchev–Trinajstić information content (AvgIpc) is 2.60. The molecule has 0 saturated carbocycles. The van der Waals surface area contributed by atoms with Gasteiger partial charge in [-0.05, 0) is 43.7 Å². The molecule has 0 atom stereocenters. The lowest BCUT2D eigenvalue weighted by Gasteiger charge is -2.21. The molecule has 0 bridgehead atoms. The van der Waals surface area contributed by atoms with Gasteiger partial charge in [-0.2, -0.15) is 0 Å². The predicted molar refractivity (Wildman–Crippen MR) is 94.1 cm³/mol. The second kappa shape index (κ2) is 9.85. The van der Waals surface area contributed by atoms with E-state index in [0.717, 1.165) is 12.0 Å². The van der Waals surface area contributed by atoms with E-state index < -0.39 is 0 Å². The van der Waals surface area contributed by atoms with Crippen LogP contribution in [0.2, 0.25) is 0 Å². The first-order valence-corrected chi connectivity index (χ1v) is 8.74. The Morgan fingerprint density at radius 2 is 2.21 bits per heavy atom. The zero-order valence-electron chi connectivity index (χ0n) is 14.5. The number of hydrogen-bond acceptors (Lipinski definition) is 3. The Bertz CT molecular complexity index is 569. The Kier molecular flexibility index (Phi) is 7.46. The fourth-order valence-electron chi connectivity index (χ4n) is 2.88. The molecule has 1 aliphatic carbocycles. The first-order valence-electron chi connectivity index (χ1n) is 8.74. The minimum Gasteiger partial charge on any atom is -0.356 e. The molecule has 0 saturated heterocycles. The van der Waals surface area contributed by atoms with Crippen molar-refractivity contribution < 1.29 is 9.59 Å². The molecule has 0 spiro atoms. The number of carbonyl (C=O) groups excluding carboxylic acids is 2. The van der Waals surface area contributed by atoms with Gasteiger partial charge in [-0.15, -0.1) is 0 Å². The van der Waals surface area contributed by atoms with Crippen molar-refractivity contribution in [3.8, 4) is 0 Å². The third-order valence-corrected chi connectivity index (χ3v) is 4.30. The summed E-state index contributed by atoms with van der Waals surface area (Å²) in [6.07, 6.45) is 11.9. The number of rotatable bonds is 8. The molecule has 130 valence electrons. The molecule has 2 amide bonds. The van der Waals surface area contributed by atoms with Gasteiger partial charge in [-0.25, -0.2) is 0 Å². The van der Waals surface area contributed by atoms with Crippen LogP contribution in [0.15, 0.2) is 36.2 Å². The van der Waals surface area contributed by atoms with Crippen LogP contribution in [-0.2, 0) is 16.1 Å². The lowest BCUT2D eigenvalue weighted by molar-refractivity contribution is -0.130. The van der Waals surface area contributed by atoms with Crippen molar-refractivity contribution in [1.82, 2.24) is 15.2 Å². The van der Waals surface area contributed by atoms with E-state index in [9.17, 15) is 9.59 Å². The highest BCUT2D eigenvalue weighted by Crippen LogP contribution is 2.19. The summed E-state index contributed by atoms with van der Waals surface area (Å²) in [6.45, 7) is 3.14. The third-order valence-electron chi connectivity index (χ3n) is 4.30. The van der Waals surface area contributed by atoms with Gasteiger partial charge in [0.05, 0.1) is 0 Å². The summed E-state index contributed by atoms with van der Waals surface area (Å²) in [5.74, 6) is -0.0251. The maximum Gasteiger partial charge on any atom is 0.221 e. The van der Waals surface area contributed by atoms with Crippen LogP contribution in [0.5, 0.6) is 0 Å². The van der Waals surface area contributed by atoms with Crippen molar-refractivity contribution in [2.45, 2.75) is 52.0 Å². The zero-order valence-corrected chi connectivity index (χ0v) is 14.5. The molecule has 0 aromatic carbocycles. The van der Waals surface area contributed by atoms with E-state index >= 15 is 0 Å². The molecule has 0 aliphatic heterocycles. The zero-order chi connectivity index (χ0) is 17.2. The van der Waals surface area contributed by atoms with Gasteiger partial charge in [0.2, 0.25) is 11.8 Å². The second-order valence-electron chi connectivity index (χ2n) is 6.26. The molecule has 1 aromatic rings. The van der Waals surface area contributed by atoms with Crippen molar-refractivity contribution in [2.75, 3.05) is 13.1 Å². The van der Waals surface area contributed by atoms with E-state index in [1.54, 1.807) is 17.3 Å². The number of hydrogen-bond donors (Lipinski definition) is 1. The number of aromatic nitrogens is 1. The van der Waals surface area contributed by atoms with E-state index in [2.05, 4.69) is 16.4 Å². The largest absolute Gasteiger partial charge is 0.356 e. The maximum atomic E-state index is 12.0. The summed E-state index contributed by atoms with van der Waals surface area (Å²) in [6, 6.07) is 3.78. The Labute approximate surface area is 144 Å². The Morgan fingerprint density at radius 1 is 1.33 bits per heavy atom. The SMILES string of the molecule is CC(=O)N(CCC(=O)NCCC1=CCCCC1)Cc1cccnc1. The van der Waals surface area contributed by atoms with Crippen LogP contribution in [0, 0.1) is 0 Å². The minimum absolute atomic E-state index is 0.00356. The fraction of sp³-hybridized carbons (Fsp3) is 0.526. The monoisotopic (exact) mass is 329 g/mol. The maximum absolute atomic E-state index is 12.0. The Balaban J connectivity index is 1.70. The summed E-state index contributed by atoms with van der Waals surface area (Å²) >= 11 is 0. The van der Waals surface area contributed by atoms with E-state index in [4.69, 9.17) is 0 Å². The molecule has 0 radical (unpaired) electrons. The van der Waals surface area contributed by atoms with Crippen molar-refractivity contribution >= 4 is 11.8 Å². The first-order chi connectivity index (χ1) is 11.6. The van der Waals surface area contributed by atoms with E-state index in [1.807, 2.05) is 12.1 Å². The molecule has 5 nitrogen and oxygen atoms in total. The minimum atomic E-state index is -0.0287. The van der Waals surface area contributed by atoms with Gasteiger partial charge in [0.15, 0.2) is 0 Å². The van der Waals surface area contributed by atoms with Gasteiger partial charge in [-0.1, -0.05) is 17.7 Å². The molecule has 1 aliphatic rings. The van der Waals surface area contributed by atoms with E-state index in [0.29, 0.717) is 26.1 Å². The molecular weight excluding hydrogens is 302 g/mol. The van der Waals surface area contributed by atoms with Crippen molar-refractivity contribution in [3.63, 3.8) is 0 Å². The van der Waals surface area contributed by atoms with Crippen molar-refractivity contribution in [1.29, 1.82) is 0 Å². The van der Waals surface area contributed by atoms with Crippen LogP contribution < -0.4 is 5.32 Å². The Morgan fingerprint density at radius 3 is 2.88 bits per heavy atom. The molecular formula is C19H27N3O2. The molecule has 1 N–H and O–H groups in total. The quantitative estimate of drug-likeness (QED) is 0.746. The average molecular weight is 329 g/mol. The van der Waals surface area contributed by atoms with Crippen molar-refractivity contribution in [2.24, 2.45) is 0 Å². The second-order valence-corrected chi connectivity index (χ2v) is 6.26. The molecule has 5 heteroatoms. The lowest BCUT2D eigenvalue weighted by atomic mass is 9.97. The highest BCUT2D eigenvalue weighted by Gasteiger charge is 2.12. The number of pyridine rings is 1. The van der Waals surface area contributed by atoms with E-state index in [1.165, 1.54) is 38.2 Å². The summed E-state index contributed by atoms with van der Waals surface area (Å²) in [4.78, 5) is 29.5. The summed E-state index contributed by atoms with van der Waals surface area (Å²) in [7, 11) is 0. The number of nitrogens with zero attached hydrogens (tertiary/aromatic N) is 2. The standard InChI is InChI=1S/C19H27N3O2/c1-16(23)22(15-18-8-5-11-20-14-18)13-10-19(24)21-12-9-17-6-3-2-4-7-17/h5-6,8,11,14H,2-4,7,9-10,12-13,15H2,1H3,(H,21,24). The van der Waals surface area contributed by atoms with Gasteiger partial charge in [-0.3, -0.25) is 14.6 Å². The third kappa shape index (κ3) is 6.52. The molecule has 0 unspecified atom stereocenters. The first kappa shape index (κ1) is 18.2. The van der Waals surface area contributed by atoms with Crippen LogP contribution in [0.3, 0.4) is 0 Å². The van der Waals surface area contributed by atoms with Crippen LogP contribution in [0.1, 0.15) is 51.0 Å². The Hall–Kier alpha value is -2.17. The molecule has 24 heavy (non-hydrogen) atoms. The highest BCUT2D eigenvalue weighted by molar-refractivity contribution is 5.78. The topological polar surface area (TPSA) is 62.3 Å². The number of carbonyl (C=O) groups is 2. The van der Waals surface area contributed by atoms with Crippen LogP contribution in [0.25, 0.3) is 0 Å². The van der Waals surface area contributed by atoms with Crippen LogP contribution >= 0.6 is 0 Å². The number of amides is 2. The van der Waals surface area contributed by atoms with Crippen LogP contribution in [0.4, 0.5) is 0 Å². The van der Waals surface area contributed by atoms with Crippen LogP contribution in [-0.4, -0.2) is 34.8 Å². The molecule has 2 rings (SSSR count). The summed E-state index contributed by atoms with van der Waals surface area (Å²) in [5.41, 5.74) is 2.43. The smallest absolute Gasteiger partial charge is 0.221 e. The van der Waals surface area contributed by atoms with Gasteiger partial charge in [0.1, 0.15) is 0 Å². The van der Waals surface area contributed by atoms with Gasteiger partial charge >= 0.3 is 0 Å². The predicted octanol–water partition coefficient (Wildman–Crippen LogP) is 2.83. The highest BCUT2D eigenvalue weighted by atomic mass is 16.2. The van der Waals surface area contributed by atoms with E-state index in [-0.39, 0.29) is 11.8 Å². The fourth-order valence-corrected chi connectivity index (χ4v) is 2.88.